The van der Waals surface area contributed by atoms with E-state index < -0.39 is 0 Å². The summed E-state index contributed by atoms with van der Waals surface area (Å²) in [4.78, 5) is 12.0. The summed E-state index contributed by atoms with van der Waals surface area (Å²) in [6.07, 6.45) is 5.02. The lowest BCUT2D eigenvalue weighted by molar-refractivity contribution is 0.102. The van der Waals surface area contributed by atoms with Crippen molar-refractivity contribution in [2.75, 3.05) is 5.32 Å². The Morgan fingerprint density at radius 1 is 1.29 bits per heavy atom. The summed E-state index contributed by atoms with van der Waals surface area (Å²) in [5, 5.41) is 7.00. The first kappa shape index (κ1) is 13.5. The zero-order chi connectivity index (χ0) is 14.7. The van der Waals surface area contributed by atoms with Crippen LogP contribution in [-0.2, 0) is 6.54 Å². The molecule has 21 heavy (non-hydrogen) atoms. The lowest BCUT2D eigenvalue weighted by atomic mass is 10.2. The van der Waals surface area contributed by atoms with Crippen molar-refractivity contribution >= 4 is 23.2 Å². The highest BCUT2D eigenvalue weighted by atomic mass is 35.5. The van der Waals surface area contributed by atoms with Crippen LogP contribution < -0.4 is 5.32 Å². The first-order valence-electron chi connectivity index (χ1n) is 6.33. The average Bonchev–Trinajstić information content (AvgIpc) is 3.12. The monoisotopic (exact) mass is 301 g/mol. The Morgan fingerprint density at radius 2 is 2.10 bits per heavy atom. The van der Waals surface area contributed by atoms with Gasteiger partial charge in [0.2, 0.25) is 5.22 Å². The van der Waals surface area contributed by atoms with E-state index in [9.17, 15) is 4.79 Å². The van der Waals surface area contributed by atoms with E-state index in [0.29, 0.717) is 17.8 Å². The Morgan fingerprint density at radius 3 is 2.71 bits per heavy atom. The lowest BCUT2D eigenvalue weighted by Gasteiger charge is -2.06. The maximum Gasteiger partial charge on any atom is 0.260 e. The highest BCUT2D eigenvalue weighted by molar-refractivity contribution is 6.32. The highest BCUT2D eigenvalue weighted by Gasteiger charge is 2.12. The van der Waals surface area contributed by atoms with Crippen molar-refractivity contribution < 1.29 is 9.21 Å². The molecule has 3 rings (SSSR count). The predicted molar refractivity (Wildman–Crippen MR) is 79.4 cm³/mol. The molecule has 5 nitrogen and oxygen atoms in total. The second kappa shape index (κ2) is 5.85. The molecule has 1 aromatic carbocycles. The Bertz CT molecular complexity index is 733. The Labute approximate surface area is 126 Å². The van der Waals surface area contributed by atoms with Crippen LogP contribution in [0.2, 0.25) is 5.22 Å². The van der Waals surface area contributed by atoms with Gasteiger partial charge in [0.25, 0.3) is 5.91 Å². The average molecular weight is 302 g/mol. The number of carbonyl (C=O) groups is 1. The molecule has 6 heteroatoms. The molecule has 106 valence electrons. The summed E-state index contributed by atoms with van der Waals surface area (Å²) < 4.78 is 6.73. The predicted octanol–water partition coefficient (Wildman–Crippen LogP) is 3.43. The number of amides is 1. The van der Waals surface area contributed by atoms with Crippen molar-refractivity contribution in [2.45, 2.75) is 6.54 Å². The van der Waals surface area contributed by atoms with Crippen LogP contribution in [0.4, 0.5) is 5.69 Å². The van der Waals surface area contributed by atoms with Gasteiger partial charge in [0.05, 0.1) is 18.4 Å². The largest absolute Gasteiger partial charge is 0.452 e. The van der Waals surface area contributed by atoms with E-state index in [1.807, 2.05) is 41.2 Å². The summed E-state index contributed by atoms with van der Waals surface area (Å²) in [6, 6.07) is 11.0. The van der Waals surface area contributed by atoms with E-state index in [1.165, 1.54) is 12.3 Å². The molecule has 2 aromatic heterocycles. The van der Waals surface area contributed by atoms with Crippen LogP contribution in [0.25, 0.3) is 0 Å². The number of nitrogens with zero attached hydrogens (tertiary/aromatic N) is 2. The maximum atomic E-state index is 12.0. The van der Waals surface area contributed by atoms with Crippen LogP contribution in [0.15, 0.2) is 59.5 Å². The zero-order valence-corrected chi connectivity index (χ0v) is 11.7. The van der Waals surface area contributed by atoms with E-state index in [2.05, 4.69) is 10.4 Å². The molecule has 0 spiro atoms. The topological polar surface area (TPSA) is 60.1 Å². The van der Waals surface area contributed by atoms with Crippen LogP contribution >= 0.6 is 11.6 Å². The lowest BCUT2D eigenvalue weighted by Crippen LogP contribution is -2.11. The Kier molecular flexibility index (Phi) is 3.75. The van der Waals surface area contributed by atoms with E-state index in [-0.39, 0.29) is 11.1 Å². The molecular weight excluding hydrogens is 290 g/mol. The van der Waals surface area contributed by atoms with Gasteiger partial charge in [0, 0.05) is 18.1 Å². The van der Waals surface area contributed by atoms with Gasteiger partial charge in [-0.1, -0.05) is 12.1 Å². The molecule has 0 aliphatic rings. The van der Waals surface area contributed by atoms with Crippen LogP contribution in [0.3, 0.4) is 0 Å². The molecule has 0 unspecified atom stereocenters. The molecule has 2 heterocycles. The molecule has 0 atom stereocenters. The van der Waals surface area contributed by atoms with Gasteiger partial charge in [-0.25, -0.2) is 0 Å². The molecule has 0 fully saturated rings. The Hall–Kier alpha value is -2.53. The van der Waals surface area contributed by atoms with Gasteiger partial charge in [0.1, 0.15) is 0 Å². The normalized spacial score (nSPS) is 10.5. The first-order chi connectivity index (χ1) is 10.2. The second-order valence-electron chi connectivity index (χ2n) is 4.46. The van der Waals surface area contributed by atoms with Crippen LogP contribution in [0, 0.1) is 0 Å². The summed E-state index contributed by atoms with van der Waals surface area (Å²) in [7, 11) is 0. The minimum Gasteiger partial charge on any atom is -0.452 e. The maximum absolute atomic E-state index is 12.0. The quantitative estimate of drug-likeness (QED) is 0.803. The van der Waals surface area contributed by atoms with Gasteiger partial charge < -0.3 is 9.73 Å². The van der Waals surface area contributed by atoms with Gasteiger partial charge in [-0.15, -0.1) is 0 Å². The number of benzene rings is 1. The van der Waals surface area contributed by atoms with Crippen molar-refractivity contribution in [3.8, 4) is 0 Å². The molecule has 0 bridgehead atoms. The summed E-state index contributed by atoms with van der Waals surface area (Å²) in [5.41, 5.74) is 2.11. The fourth-order valence-corrected chi connectivity index (χ4v) is 2.13. The van der Waals surface area contributed by atoms with Crippen molar-refractivity contribution in [3.05, 3.63) is 71.4 Å². The third kappa shape index (κ3) is 3.14. The number of hydrogen-bond donors (Lipinski definition) is 1. The zero-order valence-electron chi connectivity index (χ0n) is 11.0. The fourth-order valence-electron chi connectivity index (χ4n) is 1.93. The van der Waals surface area contributed by atoms with Crippen molar-refractivity contribution in [2.24, 2.45) is 0 Å². The first-order valence-corrected chi connectivity index (χ1v) is 6.71. The standard InChI is InChI=1S/C15H12ClN3O2/c16-14-13(6-9-21-14)15(20)18-12-4-2-11(3-5-12)10-19-8-1-7-17-19/h1-9H,10H2,(H,18,20). The number of carbonyl (C=O) groups excluding carboxylic acids is 1. The minimum absolute atomic E-state index is 0.0859. The van der Waals surface area contributed by atoms with Gasteiger partial charge in [-0.3, -0.25) is 9.48 Å². The molecule has 1 amide bonds. The smallest absolute Gasteiger partial charge is 0.260 e. The van der Waals surface area contributed by atoms with E-state index in [0.717, 1.165) is 5.56 Å². The van der Waals surface area contributed by atoms with E-state index in [1.54, 1.807) is 6.20 Å². The molecule has 0 aliphatic carbocycles. The van der Waals surface area contributed by atoms with E-state index >= 15 is 0 Å². The number of aromatic nitrogens is 2. The minimum atomic E-state index is -0.298. The van der Waals surface area contributed by atoms with Gasteiger partial charge >= 0.3 is 0 Å². The van der Waals surface area contributed by atoms with Crippen molar-refractivity contribution in [3.63, 3.8) is 0 Å². The summed E-state index contributed by atoms with van der Waals surface area (Å²) >= 11 is 5.77. The van der Waals surface area contributed by atoms with Gasteiger partial charge in [-0.05, 0) is 41.4 Å². The second-order valence-corrected chi connectivity index (χ2v) is 4.81. The molecule has 0 saturated carbocycles. The SMILES string of the molecule is O=C(Nc1ccc(Cn2cccn2)cc1)c1ccoc1Cl. The van der Waals surface area contributed by atoms with Crippen molar-refractivity contribution in [1.29, 1.82) is 0 Å². The molecule has 0 aliphatic heterocycles. The molecular formula is C15H12ClN3O2. The fraction of sp³-hybridized carbons (Fsp3) is 0.0667. The number of halogens is 1. The third-order valence-electron chi connectivity index (χ3n) is 2.98. The number of nitrogens with one attached hydrogen (secondary N) is 1. The summed E-state index contributed by atoms with van der Waals surface area (Å²) in [5.74, 6) is -0.298. The number of furan rings is 1. The molecule has 1 N–H and O–H groups in total. The van der Waals surface area contributed by atoms with Gasteiger partial charge in [-0.2, -0.15) is 5.10 Å². The van der Waals surface area contributed by atoms with Crippen LogP contribution in [0.1, 0.15) is 15.9 Å². The van der Waals surface area contributed by atoms with E-state index in [4.69, 9.17) is 16.0 Å². The molecule has 0 radical (unpaired) electrons. The summed E-state index contributed by atoms with van der Waals surface area (Å²) in [6.45, 7) is 0.689. The number of rotatable bonds is 4. The highest BCUT2D eigenvalue weighted by Crippen LogP contribution is 2.19. The third-order valence-corrected chi connectivity index (χ3v) is 3.27. The molecule has 3 aromatic rings. The van der Waals surface area contributed by atoms with Crippen LogP contribution in [-0.4, -0.2) is 15.7 Å². The van der Waals surface area contributed by atoms with Crippen molar-refractivity contribution in [1.82, 2.24) is 9.78 Å². The number of hydrogen-bond acceptors (Lipinski definition) is 3. The van der Waals surface area contributed by atoms with Gasteiger partial charge in [0.15, 0.2) is 0 Å². The number of anilines is 1. The Balaban J connectivity index is 1.67. The van der Waals surface area contributed by atoms with Crippen LogP contribution in [0.5, 0.6) is 0 Å². The molecule has 0 saturated heterocycles.